The van der Waals surface area contributed by atoms with Gasteiger partial charge in [0, 0.05) is 11.1 Å². The van der Waals surface area contributed by atoms with Gasteiger partial charge in [-0.15, -0.1) is 0 Å². The smallest absolute Gasteiger partial charge is 0.227 e. The van der Waals surface area contributed by atoms with Crippen LogP contribution in [-0.4, -0.2) is 10.2 Å². The largest absolute Gasteiger partial charge is 0.281 e. The number of hydrogen-bond acceptors (Lipinski definition) is 3. The summed E-state index contributed by atoms with van der Waals surface area (Å²) in [5.41, 5.74) is 5.47. The molecule has 0 aliphatic rings. The number of hydrogen-bond donors (Lipinski definition) is 0. The molecule has 0 atom stereocenters. The molecule has 120 valence electrons. The van der Waals surface area contributed by atoms with Crippen LogP contribution in [0.15, 0.2) is 36.4 Å². The molecule has 0 bridgehead atoms. The normalized spacial score (nSPS) is 10.6. The highest BCUT2D eigenvalue weighted by Crippen LogP contribution is 2.23. The van der Waals surface area contributed by atoms with E-state index >= 15 is 0 Å². The quantitative estimate of drug-likeness (QED) is 0.780. The van der Waals surface area contributed by atoms with E-state index in [2.05, 4.69) is 13.8 Å². The van der Waals surface area contributed by atoms with Gasteiger partial charge in [0.25, 0.3) is 0 Å². The molecule has 2 nitrogen and oxygen atoms in total. The Kier molecular flexibility index (Phi) is 5.78. The minimum Gasteiger partial charge on any atom is -0.281 e. The second kappa shape index (κ2) is 7.60. The number of aryl methyl sites for hydroxylation is 4. The van der Waals surface area contributed by atoms with Crippen molar-refractivity contribution in [2.24, 2.45) is 0 Å². The predicted molar refractivity (Wildman–Crippen MR) is 97.4 cm³/mol. The van der Waals surface area contributed by atoms with Gasteiger partial charge in [0.15, 0.2) is 0 Å². The Morgan fingerprint density at radius 1 is 0.783 bits per heavy atom. The molecule has 0 saturated heterocycles. The van der Waals surface area contributed by atoms with Crippen molar-refractivity contribution in [1.29, 1.82) is 0 Å². The minimum atomic E-state index is -0.186. The van der Waals surface area contributed by atoms with Crippen molar-refractivity contribution in [2.75, 3.05) is 0 Å². The molecule has 0 aliphatic heterocycles. The summed E-state index contributed by atoms with van der Waals surface area (Å²) in [6, 6.07) is 11.6. The number of thioether (sulfide) groups is 1. The third-order valence-electron chi connectivity index (χ3n) is 4.02. The topological polar surface area (TPSA) is 34.1 Å². The maximum Gasteiger partial charge on any atom is 0.227 e. The molecule has 2 rings (SSSR count). The van der Waals surface area contributed by atoms with E-state index in [4.69, 9.17) is 0 Å². The fourth-order valence-electron chi connectivity index (χ4n) is 2.54. The summed E-state index contributed by atoms with van der Waals surface area (Å²) in [6.07, 6.45) is 1.87. The Morgan fingerprint density at radius 2 is 1.17 bits per heavy atom. The van der Waals surface area contributed by atoms with Gasteiger partial charge in [0.05, 0.1) is 0 Å². The lowest BCUT2D eigenvalue weighted by atomic mass is 10.0. The number of rotatable bonds is 4. The van der Waals surface area contributed by atoms with Gasteiger partial charge in [-0.25, -0.2) is 0 Å². The molecule has 0 fully saturated rings. The summed E-state index contributed by atoms with van der Waals surface area (Å²) in [6.45, 7) is 7.99. The molecule has 23 heavy (non-hydrogen) atoms. The number of carbonyl (C=O) groups is 2. The molecule has 0 heterocycles. The summed E-state index contributed by atoms with van der Waals surface area (Å²) in [5.74, 6) is 0. The average molecular weight is 326 g/mol. The van der Waals surface area contributed by atoms with Crippen LogP contribution in [-0.2, 0) is 12.8 Å². The van der Waals surface area contributed by atoms with E-state index in [1.807, 2.05) is 50.2 Å². The highest BCUT2D eigenvalue weighted by Gasteiger charge is 2.18. The summed E-state index contributed by atoms with van der Waals surface area (Å²) >= 11 is 0.783. The Balaban J connectivity index is 2.18. The fraction of sp³-hybridized carbons (Fsp3) is 0.300. The van der Waals surface area contributed by atoms with Crippen molar-refractivity contribution in [3.63, 3.8) is 0 Å². The first-order valence-electron chi connectivity index (χ1n) is 7.91. The first-order chi connectivity index (χ1) is 11.0. The fourth-order valence-corrected chi connectivity index (χ4v) is 3.39. The molecule has 3 heteroatoms. The highest BCUT2D eigenvalue weighted by atomic mass is 32.2. The molecule has 0 aliphatic carbocycles. The van der Waals surface area contributed by atoms with Gasteiger partial charge in [-0.2, -0.15) is 0 Å². The lowest BCUT2D eigenvalue weighted by Gasteiger charge is -2.08. The maximum absolute atomic E-state index is 12.4. The van der Waals surface area contributed by atoms with E-state index in [-0.39, 0.29) is 10.2 Å². The van der Waals surface area contributed by atoms with Crippen molar-refractivity contribution < 1.29 is 9.59 Å². The molecule has 0 radical (unpaired) electrons. The molecule has 0 amide bonds. The average Bonchev–Trinajstić information content (AvgIpc) is 2.54. The first-order valence-corrected chi connectivity index (χ1v) is 8.73. The van der Waals surface area contributed by atoms with Crippen molar-refractivity contribution >= 4 is 22.0 Å². The van der Waals surface area contributed by atoms with Crippen LogP contribution in [0, 0.1) is 13.8 Å². The zero-order valence-corrected chi connectivity index (χ0v) is 14.9. The van der Waals surface area contributed by atoms with Crippen molar-refractivity contribution in [3.8, 4) is 0 Å². The van der Waals surface area contributed by atoms with E-state index in [0.717, 1.165) is 35.7 Å². The van der Waals surface area contributed by atoms with Crippen LogP contribution in [0.4, 0.5) is 0 Å². The van der Waals surface area contributed by atoms with E-state index in [0.29, 0.717) is 11.1 Å². The number of carbonyl (C=O) groups excluding carboxylic acids is 2. The summed E-state index contributed by atoms with van der Waals surface area (Å²) in [4.78, 5) is 24.9. The van der Waals surface area contributed by atoms with Crippen molar-refractivity contribution in [2.45, 2.75) is 40.5 Å². The SMILES string of the molecule is CCc1ccc(C(=O)SC(=O)c2ccc(CC)cc2C)c(C)c1. The summed E-state index contributed by atoms with van der Waals surface area (Å²) in [5, 5.41) is -0.372. The molecular weight excluding hydrogens is 304 g/mol. The van der Waals surface area contributed by atoms with E-state index < -0.39 is 0 Å². The lowest BCUT2D eigenvalue weighted by molar-refractivity contribution is 0.106. The van der Waals surface area contributed by atoms with Crippen LogP contribution in [0.5, 0.6) is 0 Å². The monoisotopic (exact) mass is 326 g/mol. The third kappa shape index (κ3) is 4.11. The van der Waals surface area contributed by atoms with Gasteiger partial charge in [-0.3, -0.25) is 9.59 Å². The molecule has 0 spiro atoms. The van der Waals surface area contributed by atoms with E-state index in [1.54, 1.807) is 0 Å². The van der Waals surface area contributed by atoms with Crippen LogP contribution in [0.25, 0.3) is 0 Å². The van der Waals surface area contributed by atoms with Gasteiger partial charge < -0.3 is 0 Å². The zero-order chi connectivity index (χ0) is 17.0. The molecule has 2 aromatic rings. The van der Waals surface area contributed by atoms with Gasteiger partial charge >= 0.3 is 0 Å². The second-order valence-corrected chi connectivity index (χ2v) is 6.63. The van der Waals surface area contributed by atoms with Crippen molar-refractivity contribution in [1.82, 2.24) is 0 Å². The predicted octanol–water partition coefficient (Wildman–Crippen LogP) is 5.14. The number of benzene rings is 2. The molecular formula is C20H22O2S. The Hall–Kier alpha value is -1.87. The minimum absolute atomic E-state index is 0.186. The van der Waals surface area contributed by atoms with Gasteiger partial charge in [-0.05, 0) is 72.8 Å². The molecule has 0 N–H and O–H groups in total. The summed E-state index contributed by atoms with van der Waals surface area (Å²) in [7, 11) is 0. The standard InChI is InChI=1S/C20H22O2S/c1-5-15-7-9-17(13(3)11-15)19(21)23-20(22)18-10-8-16(6-2)12-14(18)4/h7-12H,5-6H2,1-4H3. The Labute approximate surface area is 142 Å². The van der Waals surface area contributed by atoms with Crippen LogP contribution < -0.4 is 0 Å². The second-order valence-electron chi connectivity index (χ2n) is 5.68. The molecule has 0 aromatic heterocycles. The van der Waals surface area contributed by atoms with E-state index in [9.17, 15) is 9.59 Å². The van der Waals surface area contributed by atoms with Gasteiger partial charge in [0.1, 0.15) is 0 Å². The molecule has 2 aromatic carbocycles. The highest BCUT2D eigenvalue weighted by molar-refractivity contribution is 8.27. The van der Waals surface area contributed by atoms with Gasteiger partial charge in [-0.1, -0.05) is 38.1 Å². The van der Waals surface area contributed by atoms with Crippen molar-refractivity contribution in [3.05, 3.63) is 69.8 Å². The maximum atomic E-state index is 12.4. The van der Waals surface area contributed by atoms with Crippen LogP contribution in [0.3, 0.4) is 0 Å². The Bertz CT molecular complexity index is 684. The lowest BCUT2D eigenvalue weighted by Crippen LogP contribution is -2.05. The Morgan fingerprint density at radius 3 is 1.48 bits per heavy atom. The van der Waals surface area contributed by atoms with Crippen LogP contribution >= 0.6 is 11.8 Å². The molecule has 0 saturated carbocycles. The van der Waals surface area contributed by atoms with Crippen LogP contribution in [0.2, 0.25) is 0 Å². The summed E-state index contributed by atoms with van der Waals surface area (Å²) < 4.78 is 0. The van der Waals surface area contributed by atoms with Gasteiger partial charge in [0.2, 0.25) is 10.2 Å². The molecule has 0 unspecified atom stereocenters. The zero-order valence-electron chi connectivity index (χ0n) is 14.1. The van der Waals surface area contributed by atoms with E-state index in [1.165, 1.54) is 11.1 Å². The first kappa shape index (κ1) is 17.5. The van der Waals surface area contributed by atoms with Crippen LogP contribution in [0.1, 0.15) is 56.8 Å². The third-order valence-corrected chi connectivity index (χ3v) is 4.83.